The predicted molar refractivity (Wildman–Crippen MR) is 71.9 cm³/mol. The third kappa shape index (κ3) is 4.30. The first kappa shape index (κ1) is 14.4. The maximum Gasteiger partial charge on any atom is 0.252 e. The average Bonchev–Trinajstić information content (AvgIpc) is 2.38. The number of benzene rings is 1. The number of carbonyl (C=O) groups excluding carboxylic acids is 2. The highest BCUT2D eigenvalue weighted by atomic mass is 16.2. The van der Waals surface area contributed by atoms with Gasteiger partial charge < -0.3 is 10.6 Å². The Morgan fingerprint density at radius 1 is 1.06 bits per heavy atom. The maximum atomic E-state index is 11.9. The van der Waals surface area contributed by atoms with Gasteiger partial charge in [-0.3, -0.25) is 9.59 Å². The van der Waals surface area contributed by atoms with Crippen molar-refractivity contribution in [3.63, 3.8) is 0 Å². The van der Waals surface area contributed by atoms with Gasteiger partial charge in [-0.2, -0.15) is 0 Å². The minimum absolute atomic E-state index is 0.0927. The molecule has 1 aromatic carbocycles. The van der Waals surface area contributed by atoms with Gasteiger partial charge in [-0.1, -0.05) is 25.1 Å². The Labute approximate surface area is 108 Å². The van der Waals surface area contributed by atoms with Crippen molar-refractivity contribution in [1.82, 2.24) is 10.6 Å². The monoisotopic (exact) mass is 248 g/mol. The van der Waals surface area contributed by atoms with Crippen LogP contribution in [0.5, 0.6) is 0 Å². The lowest BCUT2D eigenvalue weighted by Gasteiger charge is -2.08. The Bertz CT molecular complexity index is 416. The van der Waals surface area contributed by atoms with Gasteiger partial charge in [-0.25, -0.2) is 0 Å². The Kier molecular flexibility index (Phi) is 6.08. The number of hydrogen-bond acceptors (Lipinski definition) is 3. The highest BCUT2D eigenvalue weighted by Crippen LogP contribution is 2.09. The van der Waals surface area contributed by atoms with Crippen LogP contribution in [-0.4, -0.2) is 31.3 Å². The lowest BCUT2D eigenvalue weighted by molar-refractivity contribution is 0.0939. The third-order valence-corrected chi connectivity index (χ3v) is 2.57. The molecular weight excluding hydrogens is 228 g/mol. The van der Waals surface area contributed by atoms with Crippen LogP contribution in [0.3, 0.4) is 0 Å². The zero-order valence-electron chi connectivity index (χ0n) is 11.0. The van der Waals surface area contributed by atoms with Crippen LogP contribution >= 0.6 is 0 Å². The molecule has 0 heterocycles. The quantitative estimate of drug-likeness (QED) is 0.569. The second-order valence-corrected chi connectivity index (χ2v) is 4.11. The van der Waals surface area contributed by atoms with Gasteiger partial charge in [-0.05, 0) is 26.0 Å². The molecule has 0 aromatic heterocycles. The van der Waals surface area contributed by atoms with E-state index in [1.165, 1.54) is 6.92 Å². The molecule has 1 aromatic rings. The minimum Gasteiger partial charge on any atom is -0.351 e. The van der Waals surface area contributed by atoms with Crippen molar-refractivity contribution in [3.05, 3.63) is 35.4 Å². The molecule has 0 spiro atoms. The lowest BCUT2D eigenvalue weighted by atomic mass is 10.0. The predicted octanol–water partition coefficient (Wildman–Crippen LogP) is 1.62. The van der Waals surface area contributed by atoms with E-state index in [9.17, 15) is 9.59 Å². The Hall–Kier alpha value is -1.68. The van der Waals surface area contributed by atoms with E-state index in [1.807, 2.05) is 0 Å². The average molecular weight is 248 g/mol. The molecule has 4 heteroatoms. The minimum atomic E-state index is -0.195. The molecule has 1 amide bonds. The van der Waals surface area contributed by atoms with Crippen LogP contribution in [0.15, 0.2) is 24.3 Å². The Morgan fingerprint density at radius 3 is 2.33 bits per heavy atom. The summed E-state index contributed by atoms with van der Waals surface area (Å²) in [6.07, 6.45) is 1.07. The highest BCUT2D eigenvalue weighted by Gasteiger charge is 2.12. The van der Waals surface area contributed by atoms with Crippen LogP contribution in [0.1, 0.15) is 41.0 Å². The van der Waals surface area contributed by atoms with Gasteiger partial charge in [0, 0.05) is 18.7 Å². The third-order valence-electron chi connectivity index (χ3n) is 2.57. The molecule has 0 unspecified atom stereocenters. The second kappa shape index (κ2) is 7.61. The molecule has 0 aliphatic carbocycles. The number of nitrogens with one attached hydrogen (secondary N) is 2. The molecule has 0 fully saturated rings. The molecule has 98 valence electrons. The molecule has 4 nitrogen and oxygen atoms in total. The van der Waals surface area contributed by atoms with Crippen molar-refractivity contribution in [2.45, 2.75) is 20.3 Å². The summed E-state index contributed by atoms with van der Waals surface area (Å²) in [5.74, 6) is -0.288. The van der Waals surface area contributed by atoms with E-state index in [-0.39, 0.29) is 11.7 Å². The summed E-state index contributed by atoms with van der Waals surface area (Å²) in [6.45, 7) is 5.80. The molecule has 0 aliphatic rings. The van der Waals surface area contributed by atoms with Gasteiger partial charge in [-0.15, -0.1) is 0 Å². The van der Waals surface area contributed by atoms with Crippen molar-refractivity contribution in [2.24, 2.45) is 0 Å². The fourth-order valence-electron chi connectivity index (χ4n) is 1.65. The van der Waals surface area contributed by atoms with E-state index in [0.717, 1.165) is 19.5 Å². The standard InChI is InChI=1S/C14H20N2O2/c1-3-8-15-9-10-16-14(18)13-7-5-4-6-12(13)11(2)17/h4-7,15H,3,8-10H2,1-2H3,(H,16,18). The van der Waals surface area contributed by atoms with Crippen LogP contribution in [0.2, 0.25) is 0 Å². The van der Waals surface area contributed by atoms with Crippen LogP contribution < -0.4 is 10.6 Å². The summed E-state index contributed by atoms with van der Waals surface area (Å²) in [5, 5.41) is 6.00. The van der Waals surface area contributed by atoms with Gasteiger partial charge in [0.1, 0.15) is 0 Å². The first-order chi connectivity index (χ1) is 8.66. The fraction of sp³-hybridized carbons (Fsp3) is 0.429. The molecule has 0 radical (unpaired) electrons. The van der Waals surface area contributed by atoms with E-state index < -0.39 is 0 Å². The summed E-state index contributed by atoms with van der Waals surface area (Å²) in [4.78, 5) is 23.3. The van der Waals surface area contributed by atoms with Gasteiger partial charge >= 0.3 is 0 Å². The number of amides is 1. The lowest BCUT2D eigenvalue weighted by Crippen LogP contribution is -2.32. The summed E-state index contributed by atoms with van der Waals surface area (Å²) in [7, 11) is 0. The largest absolute Gasteiger partial charge is 0.351 e. The topological polar surface area (TPSA) is 58.2 Å². The summed E-state index contributed by atoms with van der Waals surface area (Å²) >= 11 is 0. The molecule has 0 saturated heterocycles. The van der Waals surface area contributed by atoms with E-state index >= 15 is 0 Å². The molecule has 0 saturated carbocycles. The molecule has 0 bridgehead atoms. The van der Waals surface area contributed by atoms with Crippen molar-refractivity contribution in [3.8, 4) is 0 Å². The zero-order chi connectivity index (χ0) is 13.4. The molecule has 0 aliphatic heterocycles. The number of carbonyl (C=O) groups is 2. The van der Waals surface area contributed by atoms with Crippen LogP contribution in [-0.2, 0) is 0 Å². The molecule has 2 N–H and O–H groups in total. The van der Waals surface area contributed by atoms with E-state index in [2.05, 4.69) is 17.6 Å². The van der Waals surface area contributed by atoms with Gasteiger partial charge in [0.25, 0.3) is 5.91 Å². The molecular formula is C14H20N2O2. The fourth-order valence-corrected chi connectivity index (χ4v) is 1.65. The molecule has 1 rings (SSSR count). The Balaban J connectivity index is 2.54. The molecule has 0 atom stereocenters. The van der Waals surface area contributed by atoms with E-state index in [0.29, 0.717) is 17.7 Å². The van der Waals surface area contributed by atoms with Crippen LogP contribution in [0, 0.1) is 0 Å². The smallest absolute Gasteiger partial charge is 0.252 e. The maximum absolute atomic E-state index is 11.9. The van der Waals surface area contributed by atoms with Gasteiger partial charge in [0.05, 0.1) is 5.56 Å². The Morgan fingerprint density at radius 2 is 1.72 bits per heavy atom. The summed E-state index contributed by atoms with van der Waals surface area (Å²) < 4.78 is 0. The van der Waals surface area contributed by atoms with Gasteiger partial charge in [0.15, 0.2) is 5.78 Å². The number of hydrogen-bond donors (Lipinski definition) is 2. The summed E-state index contributed by atoms with van der Waals surface area (Å²) in [6, 6.07) is 6.87. The number of rotatable bonds is 7. The normalized spacial score (nSPS) is 10.1. The van der Waals surface area contributed by atoms with E-state index in [4.69, 9.17) is 0 Å². The van der Waals surface area contributed by atoms with Crippen LogP contribution in [0.4, 0.5) is 0 Å². The van der Waals surface area contributed by atoms with Crippen LogP contribution in [0.25, 0.3) is 0 Å². The molecule has 18 heavy (non-hydrogen) atoms. The first-order valence-corrected chi connectivity index (χ1v) is 6.25. The first-order valence-electron chi connectivity index (χ1n) is 6.25. The SMILES string of the molecule is CCCNCCNC(=O)c1ccccc1C(C)=O. The van der Waals surface area contributed by atoms with E-state index in [1.54, 1.807) is 24.3 Å². The van der Waals surface area contributed by atoms with Gasteiger partial charge in [0.2, 0.25) is 0 Å². The number of Topliss-reactive ketones (excluding diaryl/α,β-unsaturated/α-hetero) is 1. The van der Waals surface area contributed by atoms with Crippen molar-refractivity contribution < 1.29 is 9.59 Å². The second-order valence-electron chi connectivity index (χ2n) is 4.11. The van der Waals surface area contributed by atoms with Crippen molar-refractivity contribution >= 4 is 11.7 Å². The van der Waals surface area contributed by atoms with Crippen molar-refractivity contribution in [2.75, 3.05) is 19.6 Å². The summed E-state index contributed by atoms with van der Waals surface area (Å²) in [5.41, 5.74) is 0.914. The zero-order valence-corrected chi connectivity index (χ0v) is 11.0. The number of ketones is 1. The highest BCUT2D eigenvalue weighted by molar-refractivity contribution is 6.07. The van der Waals surface area contributed by atoms with Crippen molar-refractivity contribution in [1.29, 1.82) is 0 Å².